The van der Waals surface area contributed by atoms with E-state index in [0.29, 0.717) is 29.1 Å². The summed E-state index contributed by atoms with van der Waals surface area (Å²) in [5, 5.41) is 3.72. The van der Waals surface area contributed by atoms with Crippen LogP contribution < -0.4 is 11.1 Å². The molecular formula is C21H24N4O. The lowest BCUT2D eigenvalue weighted by atomic mass is 9.87. The minimum atomic E-state index is -0.153. The van der Waals surface area contributed by atoms with Gasteiger partial charge in [0.1, 0.15) is 0 Å². The molecular weight excluding hydrogens is 324 g/mol. The van der Waals surface area contributed by atoms with Gasteiger partial charge in [0.05, 0.1) is 23.1 Å². The molecule has 0 fully saturated rings. The average Bonchev–Trinajstić information content (AvgIpc) is 2.59. The molecule has 134 valence electrons. The second-order valence-electron chi connectivity index (χ2n) is 7.57. The van der Waals surface area contributed by atoms with Crippen molar-refractivity contribution in [3.63, 3.8) is 0 Å². The molecule has 0 saturated carbocycles. The number of amides is 1. The second kappa shape index (κ2) is 6.75. The molecule has 2 heterocycles. The third-order valence-electron chi connectivity index (χ3n) is 4.40. The van der Waals surface area contributed by atoms with Gasteiger partial charge >= 0.3 is 0 Å². The fourth-order valence-corrected chi connectivity index (χ4v) is 2.80. The zero-order valence-corrected chi connectivity index (χ0v) is 15.6. The first-order chi connectivity index (χ1) is 12.2. The third-order valence-corrected chi connectivity index (χ3v) is 4.40. The van der Waals surface area contributed by atoms with Crippen molar-refractivity contribution < 1.29 is 4.79 Å². The highest BCUT2D eigenvalue weighted by Gasteiger charge is 2.14. The van der Waals surface area contributed by atoms with Gasteiger partial charge in [-0.1, -0.05) is 45.0 Å². The molecule has 5 nitrogen and oxygen atoms in total. The summed E-state index contributed by atoms with van der Waals surface area (Å²) < 4.78 is 0. The van der Waals surface area contributed by atoms with Crippen LogP contribution in [0, 0.1) is 6.92 Å². The fraction of sp³-hybridized carbons (Fsp3) is 0.286. The van der Waals surface area contributed by atoms with Crippen molar-refractivity contribution in [1.82, 2.24) is 15.3 Å². The number of benzene rings is 1. The van der Waals surface area contributed by atoms with Gasteiger partial charge in [-0.2, -0.15) is 0 Å². The highest BCUT2D eigenvalue weighted by Crippen LogP contribution is 2.22. The van der Waals surface area contributed by atoms with Crippen molar-refractivity contribution in [1.29, 1.82) is 0 Å². The lowest BCUT2D eigenvalue weighted by Gasteiger charge is -2.19. The highest BCUT2D eigenvalue weighted by molar-refractivity contribution is 5.98. The second-order valence-corrected chi connectivity index (χ2v) is 7.57. The molecule has 0 bridgehead atoms. The Hall–Kier alpha value is -2.95. The van der Waals surface area contributed by atoms with Crippen LogP contribution in [0.4, 0.5) is 5.69 Å². The molecule has 3 N–H and O–H groups in total. The predicted octanol–water partition coefficient (Wildman–Crippen LogP) is 3.75. The number of nitrogens with one attached hydrogen (secondary N) is 1. The van der Waals surface area contributed by atoms with Gasteiger partial charge in [-0.05, 0) is 35.6 Å². The summed E-state index contributed by atoms with van der Waals surface area (Å²) >= 11 is 0. The SMILES string of the molecule is Cc1nc2ncc(N)cc2cc1C(=O)NCc1ccc(C(C)(C)C)cc1. The summed E-state index contributed by atoms with van der Waals surface area (Å²) in [5.41, 5.74) is 10.5. The van der Waals surface area contributed by atoms with E-state index >= 15 is 0 Å². The van der Waals surface area contributed by atoms with Crippen molar-refractivity contribution >= 4 is 22.6 Å². The number of carbonyl (C=O) groups is 1. The number of aromatic nitrogens is 2. The standard InChI is InChI=1S/C21H24N4O/c1-13-18(10-15-9-17(22)12-23-19(15)25-13)20(26)24-11-14-5-7-16(8-6-14)21(2,3)4/h5-10,12H,11,22H2,1-4H3,(H,24,26). The molecule has 0 aliphatic rings. The lowest BCUT2D eigenvalue weighted by molar-refractivity contribution is 0.0950. The van der Waals surface area contributed by atoms with Crippen LogP contribution in [0.5, 0.6) is 0 Å². The summed E-state index contributed by atoms with van der Waals surface area (Å²) in [4.78, 5) is 21.2. The number of hydrogen-bond acceptors (Lipinski definition) is 4. The molecule has 3 aromatic rings. The summed E-state index contributed by atoms with van der Waals surface area (Å²) in [7, 11) is 0. The Labute approximate surface area is 153 Å². The maximum Gasteiger partial charge on any atom is 0.253 e. The van der Waals surface area contributed by atoms with Crippen molar-refractivity contribution in [2.45, 2.75) is 39.7 Å². The zero-order valence-electron chi connectivity index (χ0n) is 15.6. The predicted molar refractivity (Wildman–Crippen MR) is 105 cm³/mol. The van der Waals surface area contributed by atoms with Crippen LogP contribution in [-0.4, -0.2) is 15.9 Å². The number of carbonyl (C=O) groups excluding carboxylic acids is 1. The summed E-state index contributed by atoms with van der Waals surface area (Å²) in [5.74, 6) is -0.153. The Balaban J connectivity index is 1.76. The Kier molecular flexibility index (Phi) is 4.64. The van der Waals surface area contributed by atoms with Crippen LogP contribution in [0.25, 0.3) is 11.0 Å². The quantitative estimate of drug-likeness (QED) is 0.755. The smallest absolute Gasteiger partial charge is 0.253 e. The Bertz CT molecular complexity index is 956. The number of hydrogen-bond donors (Lipinski definition) is 2. The van der Waals surface area contributed by atoms with Gasteiger partial charge in [0.25, 0.3) is 5.91 Å². The van der Waals surface area contributed by atoms with Gasteiger partial charge in [-0.15, -0.1) is 0 Å². The van der Waals surface area contributed by atoms with Gasteiger partial charge in [-0.3, -0.25) is 4.79 Å². The number of fused-ring (bicyclic) bond motifs is 1. The summed E-state index contributed by atoms with van der Waals surface area (Å²) in [6.07, 6.45) is 1.57. The van der Waals surface area contributed by atoms with Gasteiger partial charge in [0.2, 0.25) is 0 Å². The van der Waals surface area contributed by atoms with E-state index in [1.54, 1.807) is 18.3 Å². The number of nitrogens with two attached hydrogens (primary N) is 1. The van der Waals surface area contributed by atoms with Crippen LogP contribution in [-0.2, 0) is 12.0 Å². The van der Waals surface area contributed by atoms with Gasteiger partial charge in [-0.25, -0.2) is 9.97 Å². The molecule has 0 saturated heterocycles. The number of rotatable bonds is 3. The molecule has 0 unspecified atom stereocenters. The molecule has 0 atom stereocenters. The molecule has 0 spiro atoms. The van der Waals surface area contributed by atoms with E-state index in [9.17, 15) is 4.79 Å². The number of anilines is 1. The number of aryl methyl sites for hydroxylation is 1. The Morgan fingerprint density at radius 2 is 1.85 bits per heavy atom. The van der Waals surface area contributed by atoms with Crippen LogP contribution in [0.2, 0.25) is 0 Å². The molecule has 2 aromatic heterocycles. The van der Waals surface area contributed by atoms with E-state index in [-0.39, 0.29) is 11.3 Å². The normalized spacial score (nSPS) is 11.5. The first-order valence-corrected chi connectivity index (χ1v) is 8.64. The van der Waals surface area contributed by atoms with E-state index in [1.165, 1.54) is 5.56 Å². The van der Waals surface area contributed by atoms with Crippen LogP contribution in [0.15, 0.2) is 42.6 Å². The van der Waals surface area contributed by atoms with Crippen molar-refractivity contribution in [2.75, 3.05) is 5.73 Å². The largest absolute Gasteiger partial charge is 0.397 e. The van der Waals surface area contributed by atoms with E-state index in [4.69, 9.17) is 5.73 Å². The minimum Gasteiger partial charge on any atom is -0.397 e. The monoisotopic (exact) mass is 348 g/mol. The molecule has 0 radical (unpaired) electrons. The maximum absolute atomic E-state index is 12.6. The van der Waals surface area contributed by atoms with Crippen LogP contribution in [0.3, 0.4) is 0 Å². The molecule has 3 rings (SSSR count). The van der Waals surface area contributed by atoms with E-state index < -0.39 is 0 Å². The Morgan fingerprint density at radius 1 is 1.15 bits per heavy atom. The van der Waals surface area contributed by atoms with Gasteiger partial charge < -0.3 is 11.1 Å². The van der Waals surface area contributed by atoms with Crippen molar-refractivity contribution in [3.8, 4) is 0 Å². The molecule has 1 aromatic carbocycles. The van der Waals surface area contributed by atoms with Crippen LogP contribution >= 0.6 is 0 Å². The van der Waals surface area contributed by atoms with Gasteiger partial charge in [0.15, 0.2) is 5.65 Å². The number of nitrogens with zero attached hydrogens (tertiary/aromatic N) is 2. The zero-order chi connectivity index (χ0) is 18.9. The van der Waals surface area contributed by atoms with E-state index in [0.717, 1.165) is 10.9 Å². The van der Waals surface area contributed by atoms with Crippen molar-refractivity contribution in [2.24, 2.45) is 0 Å². The maximum atomic E-state index is 12.6. The van der Waals surface area contributed by atoms with Crippen molar-refractivity contribution in [3.05, 3.63) is 65.0 Å². The minimum absolute atomic E-state index is 0.117. The van der Waals surface area contributed by atoms with Crippen LogP contribution in [0.1, 0.15) is 48.0 Å². The summed E-state index contributed by atoms with van der Waals surface area (Å²) in [6.45, 7) is 8.82. The molecule has 1 amide bonds. The first-order valence-electron chi connectivity index (χ1n) is 8.64. The third kappa shape index (κ3) is 3.82. The first kappa shape index (κ1) is 17.9. The molecule has 5 heteroatoms. The Morgan fingerprint density at radius 3 is 2.50 bits per heavy atom. The van der Waals surface area contributed by atoms with E-state index in [1.807, 2.05) is 6.92 Å². The topological polar surface area (TPSA) is 80.9 Å². The molecule has 26 heavy (non-hydrogen) atoms. The fourth-order valence-electron chi connectivity index (χ4n) is 2.80. The van der Waals surface area contributed by atoms with Gasteiger partial charge in [0, 0.05) is 11.9 Å². The number of nitrogen functional groups attached to an aromatic ring is 1. The lowest BCUT2D eigenvalue weighted by Crippen LogP contribution is -2.24. The summed E-state index contributed by atoms with van der Waals surface area (Å²) in [6, 6.07) is 11.9. The molecule has 0 aliphatic carbocycles. The van der Waals surface area contributed by atoms with E-state index in [2.05, 4.69) is 60.3 Å². The molecule has 0 aliphatic heterocycles. The highest BCUT2D eigenvalue weighted by atomic mass is 16.1. The average molecular weight is 348 g/mol. The number of pyridine rings is 2.